The van der Waals surface area contributed by atoms with Crippen molar-refractivity contribution < 1.29 is 8.78 Å². The zero-order chi connectivity index (χ0) is 11.1. The van der Waals surface area contributed by atoms with E-state index in [9.17, 15) is 8.78 Å². The Bertz CT molecular complexity index is 401. The first-order valence-corrected chi connectivity index (χ1v) is 5.92. The van der Waals surface area contributed by atoms with Gasteiger partial charge in [-0.15, -0.1) is 0 Å². The predicted molar refractivity (Wildman–Crippen MR) is 58.2 cm³/mol. The van der Waals surface area contributed by atoms with Crippen LogP contribution in [0.4, 0.5) is 8.78 Å². The van der Waals surface area contributed by atoms with Crippen molar-refractivity contribution in [1.29, 1.82) is 0 Å². The van der Waals surface area contributed by atoms with Crippen LogP contribution in [-0.2, 0) is 0 Å². The van der Waals surface area contributed by atoms with E-state index >= 15 is 0 Å². The molecule has 0 radical (unpaired) electrons. The minimum absolute atomic E-state index is 0.298. The van der Waals surface area contributed by atoms with Crippen molar-refractivity contribution in [2.45, 2.75) is 31.2 Å². The average Bonchev–Trinajstić information content (AvgIpc) is 3.11. The third kappa shape index (κ3) is 2.09. The normalized spacial score (nSPS) is 28.1. The highest BCUT2D eigenvalue weighted by molar-refractivity contribution is 5.28. The highest BCUT2D eigenvalue weighted by atomic mass is 19.1. The molecule has 2 saturated carbocycles. The van der Waals surface area contributed by atoms with Crippen LogP contribution < -0.4 is 5.32 Å². The first-order valence-electron chi connectivity index (χ1n) is 5.92. The molecule has 86 valence electrons. The molecule has 2 aliphatic carbocycles. The topological polar surface area (TPSA) is 12.0 Å². The Morgan fingerprint density at radius 1 is 1.25 bits per heavy atom. The minimum Gasteiger partial charge on any atom is -0.314 e. The summed E-state index contributed by atoms with van der Waals surface area (Å²) in [6.07, 6.45) is 3.59. The summed E-state index contributed by atoms with van der Waals surface area (Å²) in [6, 6.07) is 4.63. The second kappa shape index (κ2) is 3.81. The highest BCUT2D eigenvalue weighted by Gasteiger charge is 2.40. The van der Waals surface area contributed by atoms with Crippen LogP contribution in [0.25, 0.3) is 0 Å². The fourth-order valence-corrected chi connectivity index (χ4v) is 2.26. The summed E-state index contributed by atoms with van der Waals surface area (Å²) in [5.74, 6) is -0.0408. The van der Waals surface area contributed by atoms with Crippen molar-refractivity contribution in [3.63, 3.8) is 0 Å². The zero-order valence-electron chi connectivity index (χ0n) is 9.05. The van der Waals surface area contributed by atoms with E-state index in [2.05, 4.69) is 5.32 Å². The molecule has 0 amide bonds. The van der Waals surface area contributed by atoms with Gasteiger partial charge in [-0.3, -0.25) is 0 Å². The van der Waals surface area contributed by atoms with Gasteiger partial charge >= 0.3 is 0 Å². The zero-order valence-corrected chi connectivity index (χ0v) is 9.05. The molecule has 3 rings (SSSR count). The van der Waals surface area contributed by atoms with Crippen molar-refractivity contribution in [3.8, 4) is 0 Å². The smallest absolute Gasteiger partial charge is 0.129 e. The van der Waals surface area contributed by atoms with E-state index in [1.807, 2.05) is 0 Å². The lowest BCUT2D eigenvalue weighted by molar-refractivity contribution is 0.565. The molecule has 16 heavy (non-hydrogen) atoms. The summed E-state index contributed by atoms with van der Waals surface area (Å²) in [4.78, 5) is 0. The summed E-state index contributed by atoms with van der Waals surface area (Å²) >= 11 is 0. The summed E-state index contributed by atoms with van der Waals surface area (Å²) < 4.78 is 26.2. The van der Waals surface area contributed by atoms with Crippen molar-refractivity contribution >= 4 is 0 Å². The maximum atomic E-state index is 13.5. The molecule has 0 saturated heterocycles. The lowest BCUT2D eigenvalue weighted by Crippen LogP contribution is -2.19. The molecule has 1 aromatic rings. The Kier molecular flexibility index (Phi) is 2.43. The van der Waals surface area contributed by atoms with Gasteiger partial charge in [0, 0.05) is 12.1 Å². The Morgan fingerprint density at radius 3 is 2.75 bits per heavy atom. The molecule has 0 spiro atoms. The van der Waals surface area contributed by atoms with Crippen LogP contribution in [0.5, 0.6) is 0 Å². The third-order valence-corrected chi connectivity index (χ3v) is 3.53. The standard InChI is InChI=1S/C13H15F2N/c14-9-1-4-11(13(15)6-9)12-5-8(12)7-16-10-2-3-10/h1,4,6,8,10,12,16H,2-3,5,7H2. The van der Waals surface area contributed by atoms with E-state index in [1.54, 1.807) is 6.07 Å². The molecule has 2 aliphatic rings. The molecule has 0 heterocycles. The number of rotatable bonds is 4. The first kappa shape index (κ1) is 10.2. The van der Waals surface area contributed by atoms with Crippen LogP contribution in [0.3, 0.4) is 0 Å². The van der Waals surface area contributed by atoms with Crippen molar-refractivity contribution in [1.82, 2.24) is 5.32 Å². The van der Waals surface area contributed by atoms with Crippen LogP contribution in [0.1, 0.15) is 30.7 Å². The monoisotopic (exact) mass is 223 g/mol. The lowest BCUT2D eigenvalue weighted by Gasteiger charge is -2.03. The van der Waals surface area contributed by atoms with Gasteiger partial charge in [-0.05, 0) is 49.3 Å². The van der Waals surface area contributed by atoms with Crippen molar-refractivity contribution in [3.05, 3.63) is 35.4 Å². The van der Waals surface area contributed by atoms with Crippen LogP contribution >= 0.6 is 0 Å². The molecule has 3 heteroatoms. The molecule has 0 aromatic heterocycles. The van der Waals surface area contributed by atoms with Gasteiger partial charge < -0.3 is 5.32 Å². The third-order valence-electron chi connectivity index (χ3n) is 3.53. The number of nitrogens with one attached hydrogen (secondary N) is 1. The molecule has 0 aliphatic heterocycles. The first-order chi connectivity index (χ1) is 7.74. The van der Waals surface area contributed by atoms with Gasteiger partial charge in [0.15, 0.2) is 0 Å². The van der Waals surface area contributed by atoms with E-state index in [4.69, 9.17) is 0 Å². The van der Waals surface area contributed by atoms with Crippen LogP contribution in [-0.4, -0.2) is 12.6 Å². The second-order valence-corrected chi connectivity index (χ2v) is 4.95. The molecule has 0 bridgehead atoms. The average molecular weight is 223 g/mol. The SMILES string of the molecule is Fc1ccc(C2CC2CNC2CC2)c(F)c1. The molecule has 2 atom stereocenters. The van der Waals surface area contributed by atoms with E-state index < -0.39 is 5.82 Å². The van der Waals surface area contributed by atoms with Gasteiger partial charge in [-0.2, -0.15) is 0 Å². The Labute approximate surface area is 93.9 Å². The van der Waals surface area contributed by atoms with Crippen molar-refractivity contribution in [2.75, 3.05) is 6.54 Å². The van der Waals surface area contributed by atoms with Gasteiger partial charge in [0.2, 0.25) is 0 Å². The van der Waals surface area contributed by atoms with Crippen LogP contribution in [0, 0.1) is 17.6 Å². The number of halogens is 2. The molecule has 2 fully saturated rings. The summed E-state index contributed by atoms with van der Waals surface area (Å²) in [5, 5.41) is 3.45. The highest BCUT2D eigenvalue weighted by Crippen LogP contribution is 2.48. The van der Waals surface area contributed by atoms with Gasteiger partial charge in [-0.1, -0.05) is 6.07 Å². The fraction of sp³-hybridized carbons (Fsp3) is 0.538. The van der Waals surface area contributed by atoms with Crippen LogP contribution in [0.15, 0.2) is 18.2 Å². The van der Waals surface area contributed by atoms with Gasteiger partial charge in [-0.25, -0.2) is 8.78 Å². The maximum Gasteiger partial charge on any atom is 0.129 e. The van der Waals surface area contributed by atoms with E-state index in [0.717, 1.165) is 19.0 Å². The Morgan fingerprint density at radius 2 is 2.06 bits per heavy atom. The van der Waals surface area contributed by atoms with Crippen molar-refractivity contribution in [2.24, 2.45) is 5.92 Å². The molecular formula is C13H15F2N. The molecule has 1 aromatic carbocycles. The number of benzene rings is 1. The van der Waals surface area contributed by atoms with E-state index in [0.29, 0.717) is 23.4 Å². The lowest BCUT2D eigenvalue weighted by atomic mass is 10.1. The summed E-state index contributed by atoms with van der Waals surface area (Å²) in [6.45, 7) is 0.978. The van der Waals surface area contributed by atoms with Gasteiger partial charge in [0.1, 0.15) is 11.6 Å². The predicted octanol–water partition coefficient (Wildman–Crippen LogP) is 2.82. The molecule has 2 unspecified atom stereocenters. The summed E-state index contributed by atoms with van der Waals surface area (Å²) in [5.41, 5.74) is 0.684. The largest absolute Gasteiger partial charge is 0.314 e. The molecular weight excluding hydrogens is 208 g/mol. The maximum absolute atomic E-state index is 13.5. The van der Waals surface area contributed by atoms with E-state index in [1.165, 1.54) is 18.9 Å². The molecule has 1 nitrogen and oxygen atoms in total. The number of hydrogen-bond acceptors (Lipinski definition) is 1. The Balaban J connectivity index is 1.61. The summed E-state index contributed by atoms with van der Waals surface area (Å²) in [7, 11) is 0. The second-order valence-electron chi connectivity index (χ2n) is 4.95. The molecule has 1 N–H and O–H groups in total. The Hall–Kier alpha value is -0.960. The minimum atomic E-state index is -0.491. The number of hydrogen-bond donors (Lipinski definition) is 1. The van der Waals surface area contributed by atoms with Gasteiger partial charge in [0.25, 0.3) is 0 Å². The van der Waals surface area contributed by atoms with Crippen LogP contribution in [0.2, 0.25) is 0 Å². The quantitative estimate of drug-likeness (QED) is 0.827. The fourth-order valence-electron chi connectivity index (χ4n) is 2.26. The van der Waals surface area contributed by atoms with Gasteiger partial charge in [0.05, 0.1) is 0 Å². The van der Waals surface area contributed by atoms with E-state index in [-0.39, 0.29) is 5.82 Å².